The van der Waals surface area contributed by atoms with Crippen LogP contribution in [0, 0.1) is 5.92 Å². The van der Waals surface area contributed by atoms with Crippen molar-refractivity contribution in [1.29, 1.82) is 0 Å². The van der Waals surface area contributed by atoms with Crippen LogP contribution in [-0.2, 0) is 29.5 Å². The van der Waals surface area contributed by atoms with E-state index in [0.717, 1.165) is 6.08 Å². The number of carbonyl (C=O) groups excluding carboxylic acids is 2. The summed E-state index contributed by atoms with van der Waals surface area (Å²) >= 11 is 0. The predicted octanol–water partition coefficient (Wildman–Crippen LogP) is 0.590. The Morgan fingerprint density at radius 2 is 1.94 bits per heavy atom. The molecule has 0 amide bonds. The van der Waals surface area contributed by atoms with Crippen LogP contribution in [0.15, 0.2) is 12.7 Å². The number of hydrogen-bond donors (Lipinski definition) is 1. The Kier molecular flexibility index (Phi) is 7.20. The lowest BCUT2D eigenvalue weighted by Gasteiger charge is -2.18. The van der Waals surface area contributed by atoms with Crippen molar-refractivity contribution in [3.05, 3.63) is 12.7 Å². The molecule has 7 heteroatoms. The summed E-state index contributed by atoms with van der Waals surface area (Å²) in [7, 11) is -3.15. The Bertz CT molecular complexity index is 352. The minimum Gasteiger partial charge on any atom is -0.459 e. The quantitative estimate of drug-likeness (QED) is 0.411. The first-order valence-electron chi connectivity index (χ1n) is 5.05. The summed E-state index contributed by atoms with van der Waals surface area (Å²) in [5, 5.41) is 0. The molecule has 17 heavy (non-hydrogen) atoms. The van der Waals surface area contributed by atoms with Crippen molar-refractivity contribution in [1.82, 2.24) is 0 Å². The number of rotatable bonds is 7. The van der Waals surface area contributed by atoms with Gasteiger partial charge in [-0.15, -0.1) is 0 Å². The monoisotopic (exact) mass is 264 g/mol. The molecule has 0 bridgehead atoms. The number of thiol groups is 1. The van der Waals surface area contributed by atoms with Crippen molar-refractivity contribution in [3.8, 4) is 0 Å². The van der Waals surface area contributed by atoms with Crippen molar-refractivity contribution >= 4 is 22.9 Å². The molecular weight excluding hydrogens is 248 g/mol. The van der Waals surface area contributed by atoms with E-state index in [4.69, 9.17) is 4.74 Å². The first-order chi connectivity index (χ1) is 7.86. The first kappa shape index (κ1) is 15.6. The second-order valence-corrected chi connectivity index (χ2v) is 4.18. The van der Waals surface area contributed by atoms with E-state index < -0.39 is 22.9 Å². The molecule has 6 nitrogen and oxygen atoms in total. The lowest BCUT2D eigenvalue weighted by Crippen LogP contribution is -2.22. The third-order valence-electron chi connectivity index (χ3n) is 2.25. The average Bonchev–Trinajstić information content (AvgIpc) is 2.24. The van der Waals surface area contributed by atoms with E-state index in [1.807, 2.05) is 0 Å². The normalized spacial score (nSPS) is 13.8. The topological polar surface area (TPSA) is 86.7 Å². The van der Waals surface area contributed by atoms with Gasteiger partial charge in [0, 0.05) is 12.5 Å². The summed E-state index contributed by atoms with van der Waals surface area (Å²) in [6, 6.07) is 0. The molecule has 0 aromatic heterocycles. The lowest BCUT2D eigenvalue weighted by atomic mass is 10.0. The van der Waals surface area contributed by atoms with Crippen LogP contribution < -0.4 is 0 Å². The molecule has 0 fully saturated rings. The molecule has 0 aliphatic rings. The van der Waals surface area contributed by atoms with Gasteiger partial charge in [-0.2, -0.15) is 8.42 Å². The van der Waals surface area contributed by atoms with Gasteiger partial charge >= 0.3 is 22.9 Å². The fourth-order valence-corrected chi connectivity index (χ4v) is 1.31. The summed E-state index contributed by atoms with van der Waals surface area (Å²) in [4.78, 5) is 21.8. The maximum atomic E-state index is 10.9. The summed E-state index contributed by atoms with van der Waals surface area (Å²) < 4.78 is 29.1. The van der Waals surface area contributed by atoms with Crippen LogP contribution >= 0.6 is 0 Å². The van der Waals surface area contributed by atoms with Crippen LogP contribution in [0.3, 0.4) is 0 Å². The second-order valence-electron chi connectivity index (χ2n) is 3.55. The van der Waals surface area contributed by atoms with E-state index in [-0.39, 0.29) is 18.4 Å². The summed E-state index contributed by atoms with van der Waals surface area (Å²) in [6.07, 6.45) is 1.00. The zero-order chi connectivity index (χ0) is 13.4. The SMILES string of the molecule is C=CC(=O)OC(C)C(C)CCC(=O)O[SH](=O)=O. The largest absolute Gasteiger partial charge is 0.459 e. The minimum absolute atomic E-state index is 0.0412. The van der Waals surface area contributed by atoms with Crippen molar-refractivity contribution in [2.75, 3.05) is 0 Å². The van der Waals surface area contributed by atoms with Gasteiger partial charge in [-0.3, -0.25) is 4.79 Å². The Morgan fingerprint density at radius 1 is 1.35 bits per heavy atom. The number of esters is 1. The fourth-order valence-electron chi connectivity index (χ4n) is 1.06. The van der Waals surface area contributed by atoms with Gasteiger partial charge in [-0.1, -0.05) is 13.5 Å². The van der Waals surface area contributed by atoms with E-state index >= 15 is 0 Å². The molecule has 98 valence electrons. The van der Waals surface area contributed by atoms with Crippen LogP contribution in [0.4, 0.5) is 0 Å². The van der Waals surface area contributed by atoms with Gasteiger partial charge in [0.1, 0.15) is 6.10 Å². The molecule has 2 unspecified atom stereocenters. The second kappa shape index (κ2) is 7.83. The van der Waals surface area contributed by atoms with Gasteiger partial charge in [-0.25, -0.2) is 4.79 Å². The van der Waals surface area contributed by atoms with Gasteiger partial charge in [0.25, 0.3) is 0 Å². The van der Waals surface area contributed by atoms with Gasteiger partial charge in [0.05, 0.1) is 0 Å². The first-order valence-corrected chi connectivity index (χ1v) is 6.14. The zero-order valence-electron chi connectivity index (χ0n) is 9.75. The van der Waals surface area contributed by atoms with Crippen LogP contribution in [-0.4, -0.2) is 26.5 Å². The molecule has 0 aromatic carbocycles. The van der Waals surface area contributed by atoms with Crippen molar-refractivity contribution in [2.24, 2.45) is 5.92 Å². The fraction of sp³-hybridized carbons (Fsp3) is 0.600. The maximum Gasteiger partial charge on any atom is 0.330 e. The molecule has 0 aliphatic carbocycles. The highest BCUT2D eigenvalue weighted by Gasteiger charge is 2.17. The highest BCUT2D eigenvalue weighted by molar-refractivity contribution is 7.67. The third kappa shape index (κ3) is 7.51. The van der Waals surface area contributed by atoms with Gasteiger partial charge in [-0.05, 0) is 19.3 Å². The average molecular weight is 264 g/mol. The number of carbonyl (C=O) groups is 2. The highest BCUT2D eigenvalue weighted by atomic mass is 32.2. The van der Waals surface area contributed by atoms with Crippen molar-refractivity contribution < 1.29 is 26.9 Å². The van der Waals surface area contributed by atoms with E-state index in [0.29, 0.717) is 6.42 Å². The molecule has 2 atom stereocenters. The standard InChI is InChI=1S/C10H16O6S/c1-4-9(11)15-8(3)7(2)5-6-10(12)16-17(13)14/h4,7-8,17H,1,5-6H2,2-3H3. The van der Waals surface area contributed by atoms with Crippen molar-refractivity contribution in [2.45, 2.75) is 32.8 Å². The molecular formula is C10H16O6S. The molecule has 0 heterocycles. The Balaban J connectivity index is 4.00. The Hall–Kier alpha value is -1.37. The van der Waals surface area contributed by atoms with Crippen LogP contribution in [0.1, 0.15) is 26.7 Å². The molecule has 0 radical (unpaired) electrons. The predicted molar refractivity (Wildman–Crippen MR) is 60.6 cm³/mol. The van der Waals surface area contributed by atoms with E-state index in [1.54, 1.807) is 13.8 Å². The van der Waals surface area contributed by atoms with E-state index in [9.17, 15) is 18.0 Å². The summed E-state index contributed by atoms with van der Waals surface area (Å²) in [5.41, 5.74) is 0. The molecule has 0 rings (SSSR count). The van der Waals surface area contributed by atoms with E-state index in [1.165, 1.54) is 0 Å². The molecule has 0 aliphatic heterocycles. The smallest absolute Gasteiger partial charge is 0.330 e. The maximum absolute atomic E-state index is 10.9. The van der Waals surface area contributed by atoms with Gasteiger partial charge in [0.2, 0.25) is 0 Å². The minimum atomic E-state index is -3.15. The van der Waals surface area contributed by atoms with Crippen LogP contribution in [0.5, 0.6) is 0 Å². The van der Waals surface area contributed by atoms with Crippen molar-refractivity contribution in [3.63, 3.8) is 0 Å². The zero-order valence-corrected chi connectivity index (χ0v) is 10.6. The number of ether oxygens (including phenoxy) is 1. The molecule has 0 N–H and O–H groups in total. The molecule has 0 aromatic rings. The molecule has 0 spiro atoms. The van der Waals surface area contributed by atoms with Gasteiger partial charge in [0.15, 0.2) is 0 Å². The summed E-state index contributed by atoms with van der Waals surface area (Å²) in [6.45, 7) is 6.73. The van der Waals surface area contributed by atoms with Crippen LogP contribution in [0.2, 0.25) is 0 Å². The molecule has 0 saturated carbocycles. The van der Waals surface area contributed by atoms with Crippen LogP contribution in [0.25, 0.3) is 0 Å². The van der Waals surface area contributed by atoms with E-state index in [2.05, 4.69) is 10.8 Å². The summed E-state index contributed by atoms with van der Waals surface area (Å²) in [5.74, 6) is -1.43. The lowest BCUT2D eigenvalue weighted by molar-refractivity contribution is -0.144. The Labute approximate surface area is 102 Å². The highest BCUT2D eigenvalue weighted by Crippen LogP contribution is 2.14. The van der Waals surface area contributed by atoms with Gasteiger partial charge < -0.3 is 8.92 Å². The molecule has 0 saturated heterocycles. The Morgan fingerprint density at radius 3 is 2.41 bits per heavy atom. The third-order valence-corrected chi connectivity index (χ3v) is 2.60. The number of hydrogen-bond acceptors (Lipinski definition) is 6.